The number of rotatable bonds is 7. The maximum absolute atomic E-state index is 11.3. The van der Waals surface area contributed by atoms with E-state index in [-0.39, 0.29) is 0 Å². The number of hydrogen-bond acceptors (Lipinski definition) is 6. The van der Waals surface area contributed by atoms with Crippen LogP contribution >= 0.6 is 0 Å². The number of anilines is 2. The lowest BCUT2D eigenvalue weighted by Gasteiger charge is -2.26. The lowest BCUT2D eigenvalue weighted by Crippen LogP contribution is -2.47. The molecule has 0 aromatic carbocycles. The van der Waals surface area contributed by atoms with Gasteiger partial charge in [0.15, 0.2) is 0 Å². The van der Waals surface area contributed by atoms with Crippen molar-refractivity contribution >= 4 is 21.7 Å². The largest absolute Gasteiger partial charge is 0.373 e. The van der Waals surface area contributed by atoms with Gasteiger partial charge in [-0.3, -0.25) is 0 Å². The van der Waals surface area contributed by atoms with E-state index in [0.717, 1.165) is 29.9 Å². The number of nitrogens with one attached hydrogen (secondary N) is 3. The maximum atomic E-state index is 11.3. The molecule has 0 aliphatic heterocycles. The fourth-order valence-electron chi connectivity index (χ4n) is 1.96. The average Bonchev–Trinajstić information content (AvgIpc) is 2.32. The molecular formula is C12H23N5O2S. The topological polar surface area (TPSA) is 96.0 Å². The summed E-state index contributed by atoms with van der Waals surface area (Å²) in [6.45, 7) is 6.07. The molecule has 3 N–H and O–H groups in total. The predicted octanol–water partition coefficient (Wildman–Crippen LogP) is 0.820. The second kappa shape index (κ2) is 6.36. The Balaban J connectivity index is 2.85. The fourth-order valence-corrected chi connectivity index (χ4v) is 3.03. The third kappa shape index (κ3) is 4.93. The highest BCUT2D eigenvalue weighted by molar-refractivity contribution is 7.88. The van der Waals surface area contributed by atoms with E-state index < -0.39 is 15.6 Å². The molecule has 0 unspecified atom stereocenters. The van der Waals surface area contributed by atoms with Crippen molar-refractivity contribution in [3.8, 4) is 0 Å². The van der Waals surface area contributed by atoms with Crippen molar-refractivity contribution in [1.82, 2.24) is 14.7 Å². The first-order valence-corrected chi connectivity index (χ1v) is 8.32. The molecule has 114 valence electrons. The highest BCUT2D eigenvalue weighted by atomic mass is 32.2. The molecule has 0 saturated heterocycles. The average molecular weight is 301 g/mol. The molecule has 0 atom stereocenters. The van der Waals surface area contributed by atoms with Gasteiger partial charge in [-0.25, -0.2) is 23.1 Å². The predicted molar refractivity (Wildman–Crippen MR) is 81.5 cm³/mol. The van der Waals surface area contributed by atoms with Crippen LogP contribution in [0.25, 0.3) is 0 Å². The number of nitrogens with zero attached hydrogens (tertiary/aromatic N) is 2. The van der Waals surface area contributed by atoms with Gasteiger partial charge in [0, 0.05) is 24.7 Å². The van der Waals surface area contributed by atoms with Crippen molar-refractivity contribution in [3.05, 3.63) is 11.9 Å². The molecule has 8 heteroatoms. The Morgan fingerprint density at radius 3 is 2.35 bits per heavy atom. The second-order valence-electron chi connectivity index (χ2n) is 5.26. The summed E-state index contributed by atoms with van der Waals surface area (Å²) in [6.07, 6.45) is 3.40. The van der Waals surface area contributed by atoms with Crippen LogP contribution in [-0.2, 0) is 16.4 Å². The molecule has 1 rings (SSSR count). The van der Waals surface area contributed by atoms with E-state index in [1.54, 1.807) is 7.05 Å². The van der Waals surface area contributed by atoms with Crippen molar-refractivity contribution in [2.24, 2.45) is 0 Å². The van der Waals surface area contributed by atoms with Crippen LogP contribution in [-0.4, -0.2) is 43.8 Å². The molecule has 0 aliphatic carbocycles. The minimum absolute atomic E-state index is 0.424. The quantitative estimate of drug-likeness (QED) is 0.690. The van der Waals surface area contributed by atoms with E-state index in [0.29, 0.717) is 6.54 Å². The molecule has 1 aromatic heterocycles. The molecule has 1 heterocycles. The summed E-state index contributed by atoms with van der Waals surface area (Å²) >= 11 is 0. The summed E-state index contributed by atoms with van der Waals surface area (Å²) in [5.41, 5.74) is 0.369. The van der Waals surface area contributed by atoms with E-state index in [1.807, 2.05) is 20.8 Å². The van der Waals surface area contributed by atoms with E-state index in [2.05, 4.69) is 25.3 Å². The van der Waals surface area contributed by atoms with Crippen molar-refractivity contribution in [3.63, 3.8) is 0 Å². The molecule has 7 nitrogen and oxygen atoms in total. The molecule has 1 aromatic rings. The number of sulfonamides is 1. The molecule has 0 fully saturated rings. The lowest BCUT2D eigenvalue weighted by atomic mass is 10.1. The van der Waals surface area contributed by atoms with Gasteiger partial charge in [0.1, 0.15) is 18.0 Å². The Labute approximate surface area is 120 Å². The number of aromatic nitrogens is 2. The standard InChI is InChI=1S/C12H23N5O2S/c1-6-9-10(13-4)15-8-16-11(9)14-7-12(2,3)17-20(5,18)19/h8,17H,6-7H2,1-5H3,(H2,13,14,15,16). The molecule has 0 spiro atoms. The van der Waals surface area contributed by atoms with Crippen LogP contribution < -0.4 is 15.4 Å². The first-order chi connectivity index (χ1) is 9.18. The van der Waals surface area contributed by atoms with Crippen molar-refractivity contribution in [2.45, 2.75) is 32.7 Å². The Morgan fingerprint density at radius 2 is 1.85 bits per heavy atom. The fraction of sp³-hybridized carbons (Fsp3) is 0.667. The van der Waals surface area contributed by atoms with Gasteiger partial charge in [-0.2, -0.15) is 0 Å². The Kier molecular flexibility index (Phi) is 5.29. The van der Waals surface area contributed by atoms with E-state index >= 15 is 0 Å². The van der Waals surface area contributed by atoms with Crippen LogP contribution in [0.15, 0.2) is 6.33 Å². The molecule has 0 aliphatic rings. The van der Waals surface area contributed by atoms with Gasteiger partial charge in [-0.05, 0) is 20.3 Å². The van der Waals surface area contributed by atoms with Crippen LogP contribution in [0.2, 0.25) is 0 Å². The zero-order valence-corrected chi connectivity index (χ0v) is 13.4. The van der Waals surface area contributed by atoms with Gasteiger partial charge in [0.05, 0.1) is 6.26 Å². The molecule has 0 radical (unpaired) electrons. The summed E-state index contributed by atoms with van der Waals surface area (Å²) in [6, 6.07) is 0. The molecule has 20 heavy (non-hydrogen) atoms. The number of hydrogen-bond donors (Lipinski definition) is 3. The van der Waals surface area contributed by atoms with Crippen molar-refractivity contribution < 1.29 is 8.42 Å². The first-order valence-electron chi connectivity index (χ1n) is 6.43. The van der Waals surface area contributed by atoms with Crippen LogP contribution in [0.3, 0.4) is 0 Å². The third-order valence-electron chi connectivity index (χ3n) is 2.70. The summed E-state index contributed by atoms with van der Waals surface area (Å²) < 4.78 is 25.2. The zero-order chi connectivity index (χ0) is 15.4. The normalized spacial score (nSPS) is 12.2. The van der Waals surface area contributed by atoms with E-state index in [9.17, 15) is 8.42 Å². The summed E-state index contributed by atoms with van der Waals surface area (Å²) in [7, 11) is -1.44. The van der Waals surface area contributed by atoms with Crippen LogP contribution in [0.4, 0.5) is 11.6 Å². The summed E-state index contributed by atoms with van der Waals surface area (Å²) in [4.78, 5) is 8.38. The van der Waals surface area contributed by atoms with Crippen LogP contribution in [0.5, 0.6) is 0 Å². The smallest absolute Gasteiger partial charge is 0.209 e. The van der Waals surface area contributed by atoms with Gasteiger partial charge in [-0.1, -0.05) is 6.92 Å². The zero-order valence-electron chi connectivity index (χ0n) is 12.6. The minimum Gasteiger partial charge on any atom is -0.373 e. The Morgan fingerprint density at radius 1 is 1.25 bits per heavy atom. The molecule has 0 bridgehead atoms. The van der Waals surface area contributed by atoms with E-state index in [4.69, 9.17) is 0 Å². The Hall–Kier alpha value is -1.41. The highest BCUT2D eigenvalue weighted by Crippen LogP contribution is 2.20. The molecule has 0 amide bonds. The minimum atomic E-state index is -3.25. The van der Waals surface area contributed by atoms with E-state index in [1.165, 1.54) is 6.33 Å². The van der Waals surface area contributed by atoms with Crippen LogP contribution in [0, 0.1) is 0 Å². The summed E-state index contributed by atoms with van der Waals surface area (Å²) in [5, 5.41) is 6.20. The van der Waals surface area contributed by atoms with Gasteiger partial charge < -0.3 is 10.6 Å². The highest BCUT2D eigenvalue weighted by Gasteiger charge is 2.22. The molecular weight excluding hydrogens is 278 g/mol. The monoisotopic (exact) mass is 301 g/mol. The van der Waals surface area contributed by atoms with Crippen molar-refractivity contribution in [1.29, 1.82) is 0 Å². The summed E-state index contributed by atoms with van der Waals surface area (Å²) in [5.74, 6) is 1.49. The molecule has 0 saturated carbocycles. The Bertz CT molecular complexity index is 557. The maximum Gasteiger partial charge on any atom is 0.209 e. The van der Waals surface area contributed by atoms with Gasteiger partial charge >= 0.3 is 0 Å². The second-order valence-corrected chi connectivity index (χ2v) is 7.01. The van der Waals surface area contributed by atoms with Crippen molar-refractivity contribution in [2.75, 3.05) is 30.5 Å². The SMILES string of the molecule is CCc1c(NC)ncnc1NCC(C)(C)NS(C)(=O)=O. The van der Waals surface area contributed by atoms with Gasteiger partial charge in [-0.15, -0.1) is 0 Å². The lowest BCUT2D eigenvalue weighted by molar-refractivity contribution is 0.475. The van der Waals surface area contributed by atoms with Gasteiger partial charge in [0.25, 0.3) is 0 Å². The first kappa shape index (κ1) is 16.6. The van der Waals surface area contributed by atoms with Crippen LogP contribution in [0.1, 0.15) is 26.3 Å². The third-order valence-corrected chi connectivity index (χ3v) is 3.62. The van der Waals surface area contributed by atoms with Gasteiger partial charge in [0.2, 0.25) is 10.0 Å².